The van der Waals surface area contributed by atoms with Crippen LogP contribution in [0.25, 0.3) is 11.4 Å². The number of hydrogen-bond donors (Lipinski definition) is 0. The molecule has 0 fully saturated rings. The monoisotopic (exact) mass is 780 g/mol. The van der Waals surface area contributed by atoms with Crippen LogP contribution in [-0.2, 0) is 22.7 Å². The van der Waals surface area contributed by atoms with Crippen molar-refractivity contribution in [1.82, 2.24) is 9.80 Å². The number of aldehydes is 2. The molecule has 4 aromatic rings. The lowest BCUT2D eigenvalue weighted by Crippen LogP contribution is -2.29. The van der Waals surface area contributed by atoms with Crippen molar-refractivity contribution in [3.05, 3.63) is 142 Å². The number of benzene rings is 4. The van der Waals surface area contributed by atoms with Gasteiger partial charge in [-0.3, -0.25) is 19.2 Å². The fraction of sp³-hybridized carbons (Fsp3) is 0.360. The summed E-state index contributed by atoms with van der Waals surface area (Å²) in [6, 6.07) is 29.5. The normalized spacial score (nSPS) is 13.8. The molecular weight excluding hydrogens is 725 g/mol. The summed E-state index contributed by atoms with van der Waals surface area (Å²) in [4.78, 5) is 56.2. The summed E-state index contributed by atoms with van der Waals surface area (Å²) >= 11 is 0. The zero-order chi connectivity index (χ0) is 40.7. The molecule has 0 radical (unpaired) electrons. The maximum absolute atomic E-state index is 14.8. The van der Waals surface area contributed by atoms with Crippen LogP contribution in [0.1, 0.15) is 134 Å². The van der Waals surface area contributed by atoms with Crippen LogP contribution < -0.4 is 9.47 Å². The van der Waals surface area contributed by atoms with Crippen LogP contribution in [0, 0.1) is 0 Å². The standard InChI is InChI=1S/C50H56N2O6/c1-3-5-7-9-11-13-31-57-43-27-19-37(20-28-43)33-51-47(41-23-15-39(35-53)16-24-41)45-46(49(51)55)48(42-25-17-40(36-54)18-26-42)52(50(45)56)34-38-21-29-44(30-22-38)58-32-14-12-10-8-6-4-2/h15-30,35-36H,3-14,31-34H2,1-2H3. The molecule has 2 heterocycles. The van der Waals surface area contributed by atoms with Gasteiger partial charge in [-0.05, 0) is 59.4 Å². The second-order valence-corrected chi connectivity index (χ2v) is 15.2. The number of amides is 2. The number of rotatable bonds is 24. The van der Waals surface area contributed by atoms with E-state index in [0.29, 0.717) is 58.0 Å². The molecule has 2 aliphatic heterocycles. The number of unbranched alkanes of at least 4 members (excludes halogenated alkanes) is 10. The summed E-state index contributed by atoms with van der Waals surface area (Å²) < 4.78 is 12.0. The summed E-state index contributed by atoms with van der Waals surface area (Å²) in [5.41, 5.74) is 5.67. The zero-order valence-corrected chi connectivity index (χ0v) is 34.0. The van der Waals surface area contributed by atoms with Gasteiger partial charge in [-0.2, -0.15) is 0 Å². The van der Waals surface area contributed by atoms with Gasteiger partial charge in [0.15, 0.2) is 0 Å². The molecule has 0 aromatic heterocycles. The smallest absolute Gasteiger partial charge is 0.261 e. The molecule has 0 saturated heterocycles. The molecule has 0 unspecified atom stereocenters. The Morgan fingerprint density at radius 1 is 0.448 bits per heavy atom. The van der Waals surface area contributed by atoms with E-state index in [2.05, 4.69) is 13.8 Å². The largest absolute Gasteiger partial charge is 0.494 e. The predicted octanol–water partition coefficient (Wildman–Crippen LogP) is 11.0. The average Bonchev–Trinajstić information content (AvgIpc) is 3.70. The van der Waals surface area contributed by atoms with Crippen LogP contribution in [0.4, 0.5) is 0 Å². The minimum absolute atomic E-state index is 0.221. The van der Waals surface area contributed by atoms with Crippen molar-refractivity contribution >= 4 is 35.8 Å². The maximum Gasteiger partial charge on any atom is 0.261 e. The molecule has 2 aliphatic rings. The van der Waals surface area contributed by atoms with Crippen molar-refractivity contribution in [3.63, 3.8) is 0 Å². The number of carbonyl (C=O) groups is 4. The third-order valence-electron chi connectivity index (χ3n) is 10.9. The Bertz CT molecular complexity index is 1910. The van der Waals surface area contributed by atoms with Gasteiger partial charge in [-0.15, -0.1) is 0 Å². The van der Waals surface area contributed by atoms with E-state index in [1.807, 2.05) is 48.5 Å². The molecule has 6 rings (SSSR count). The van der Waals surface area contributed by atoms with Gasteiger partial charge in [0.25, 0.3) is 11.8 Å². The number of fused-ring (bicyclic) bond motifs is 1. The number of ether oxygens (including phenoxy) is 2. The van der Waals surface area contributed by atoms with Gasteiger partial charge >= 0.3 is 0 Å². The van der Waals surface area contributed by atoms with Gasteiger partial charge in [-0.1, -0.05) is 151 Å². The maximum atomic E-state index is 14.8. The molecule has 0 bridgehead atoms. The van der Waals surface area contributed by atoms with Crippen molar-refractivity contribution < 1.29 is 28.7 Å². The average molecular weight is 781 g/mol. The molecule has 0 N–H and O–H groups in total. The van der Waals surface area contributed by atoms with Crippen LogP contribution in [-0.4, -0.2) is 47.4 Å². The minimum Gasteiger partial charge on any atom is -0.494 e. The molecule has 302 valence electrons. The summed E-state index contributed by atoms with van der Waals surface area (Å²) in [5.74, 6) is 0.960. The number of nitrogens with zero attached hydrogens (tertiary/aromatic N) is 2. The first-order valence-corrected chi connectivity index (χ1v) is 21.1. The van der Waals surface area contributed by atoms with Crippen LogP contribution in [0.3, 0.4) is 0 Å². The first-order valence-electron chi connectivity index (χ1n) is 21.1. The Hall–Kier alpha value is -5.76. The van der Waals surface area contributed by atoms with Gasteiger partial charge in [0, 0.05) is 11.1 Å². The molecule has 0 aliphatic carbocycles. The van der Waals surface area contributed by atoms with Gasteiger partial charge in [0.2, 0.25) is 0 Å². The molecule has 58 heavy (non-hydrogen) atoms. The van der Waals surface area contributed by atoms with Crippen LogP contribution in [0.15, 0.2) is 108 Å². The molecule has 4 aromatic carbocycles. The first-order chi connectivity index (χ1) is 28.4. The van der Waals surface area contributed by atoms with E-state index in [9.17, 15) is 19.2 Å². The highest BCUT2D eigenvalue weighted by Crippen LogP contribution is 2.47. The highest BCUT2D eigenvalue weighted by Gasteiger charge is 2.48. The Morgan fingerprint density at radius 3 is 1.14 bits per heavy atom. The van der Waals surface area contributed by atoms with Gasteiger partial charge in [0.05, 0.1) is 48.8 Å². The fourth-order valence-corrected chi connectivity index (χ4v) is 7.63. The van der Waals surface area contributed by atoms with Gasteiger partial charge in [0.1, 0.15) is 24.1 Å². The zero-order valence-electron chi connectivity index (χ0n) is 34.0. The van der Waals surface area contributed by atoms with E-state index in [-0.39, 0.29) is 24.9 Å². The summed E-state index contributed by atoms with van der Waals surface area (Å²) in [6.45, 7) is 6.19. The quantitative estimate of drug-likeness (QED) is 0.0519. The predicted molar refractivity (Wildman–Crippen MR) is 229 cm³/mol. The van der Waals surface area contributed by atoms with E-state index in [1.54, 1.807) is 58.3 Å². The van der Waals surface area contributed by atoms with Gasteiger partial charge < -0.3 is 19.3 Å². The molecule has 0 saturated carbocycles. The Balaban J connectivity index is 1.27. The molecule has 8 heteroatoms. The van der Waals surface area contributed by atoms with Crippen molar-refractivity contribution in [2.24, 2.45) is 0 Å². The van der Waals surface area contributed by atoms with E-state index in [0.717, 1.165) is 60.9 Å². The third kappa shape index (κ3) is 10.4. The lowest BCUT2D eigenvalue weighted by atomic mass is 10.0. The topological polar surface area (TPSA) is 93.2 Å². The highest BCUT2D eigenvalue weighted by molar-refractivity contribution is 6.30. The molecule has 0 spiro atoms. The minimum atomic E-state index is -0.295. The van der Waals surface area contributed by atoms with Crippen molar-refractivity contribution in [2.45, 2.75) is 104 Å². The highest BCUT2D eigenvalue weighted by atomic mass is 16.5. The van der Waals surface area contributed by atoms with Crippen molar-refractivity contribution in [1.29, 1.82) is 0 Å². The van der Waals surface area contributed by atoms with Crippen LogP contribution >= 0.6 is 0 Å². The lowest BCUT2D eigenvalue weighted by Gasteiger charge is -2.26. The Morgan fingerprint density at radius 2 is 0.793 bits per heavy atom. The SMILES string of the molecule is CCCCCCCCOc1ccc(CN2C(=O)C3=C(c4ccc(C=O)cc4)N(Cc4ccc(OCCCCCCCC)cc4)C(=O)C3=C2c2ccc(C=O)cc2)cc1. The van der Waals surface area contributed by atoms with Crippen LogP contribution in [0.5, 0.6) is 11.5 Å². The second-order valence-electron chi connectivity index (χ2n) is 15.2. The number of carbonyl (C=O) groups excluding carboxylic acids is 4. The van der Waals surface area contributed by atoms with E-state index < -0.39 is 0 Å². The summed E-state index contributed by atoms with van der Waals surface area (Å²) in [6.07, 6.45) is 15.8. The molecular formula is C50H56N2O6. The Labute approximate surface area is 343 Å². The molecule has 8 nitrogen and oxygen atoms in total. The van der Waals surface area contributed by atoms with E-state index in [1.165, 1.54) is 51.4 Å². The van der Waals surface area contributed by atoms with Crippen molar-refractivity contribution in [3.8, 4) is 11.5 Å². The third-order valence-corrected chi connectivity index (χ3v) is 10.9. The van der Waals surface area contributed by atoms with E-state index >= 15 is 0 Å². The first kappa shape index (κ1) is 41.9. The van der Waals surface area contributed by atoms with Gasteiger partial charge in [-0.25, -0.2) is 0 Å². The van der Waals surface area contributed by atoms with E-state index in [4.69, 9.17) is 9.47 Å². The molecule has 2 amide bonds. The van der Waals surface area contributed by atoms with Crippen molar-refractivity contribution in [2.75, 3.05) is 13.2 Å². The number of hydrogen-bond acceptors (Lipinski definition) is 6. The second kappa shape index (κ2) is 21.1. The molecule has 0 atom stereocenters. The van der Waals surface area contributed by atoms with Crippen LogP contribution in [0.2, 0.25) is 0 Å². The summed E-state index contributed by atoms with van der Waals surface area (Å²) in [7, 11) is 0. The fourth-order valence-electron chi connectivity index (χ4n) is 7.63. The summed E-state index contributed by atoms with van der Waals surface area (Å²) in [5, 5.41) is 0. The Kier molecular flexibility index (Phi) is 15.2. The lowest BCUT2D eigenvalue weighted by molar-refractivity contribution is -0.124.